The third kappa shape index (κ3) is 17.7. The van der Waals surface area contributed by atoms with Crippen LogP contribution < -0.4 is 0 Å². The van der Waals surface area contributed by atoms with Gasteiger partial charge in [0.05, 0.1) is 6.61 Å². The lowest BCUT2D eigenvalue weighted by atomic mass is 10.0. The Bertz CT molecular complexity index is 285. The first kappa shape index (κ1) is 24.9. The van der Waals surface area contributed by atoms with Crippen LogP contribution in [0.3, 0.4) is 0 Å². The van der Waals surface area contributed by atoms with E-state index < -0.39 is 0 Å². The molecule has 0 aromatic carbocycles. The Morgan fingerprint density at radius 1 is 0.750 bits per heavy atom. The van der Waals surface area contributed by atoms with Crippen LogP contribution >= 0.6 is 45.2 Å². The van der Waals surface area contributed by atoms with E-state index in [0.29, 0.717) is 13.0 Å². The highest BCUT2D eigenvalue weighted by Crippen LogP contribution is 2.23. The molecule has 0 aliphatic rings. The molecular formula is C20H38I2O2. The minimum atomic E-state index is -0.0344. The Balaban J connectivity index is 3.37. The first-order valence-corrected chi connectivity index (χ1v) is 12.5. The van der Waals surface area contributed by atoms with Crippen molar-refractivity contribution in [2.24, 2.45) is 0 Å². The summed E-state index contributed by atoms with van der Waals surface area (Å²) in [4.78, 5) is 11.2. The molecule has 2 unspecified atom stereocenters. The summed E-state index contributed by atoms with van der Waals surface area (Å²) in [6, 6.07) is 0. The predicted molar refractivity (Wildman–Crippen MR) is 123 cm³/mol. The van der Waals surface area contributed by atoms with Crippen molar-refractivity contribution in [3.63, 3.8) is 0 Å². The smallest absolute Gasteiger partial charge is 0.305 e. The molecule has 2 atom stereocenters. The Kier molecular flexibility index (Phi) is 19.4. The van der Waals surface area contributed by atoms with Crippen molar-refractivity contribution in [2.75, 3.05) is 6.61 Å². The molecule has 0 heterocycles. The molecule has 0 aromatic heterocycles. The first-order chi connectivity index (χ1) is 11.6. The normalized spacial score (nSPS) is 13.7. The zero-order valence-electron chi connectivity index (χ0n) is 15.8. The number of carbonyl (C=O) groups excluding carboxylic acids is 1. The molecule has 0 aliphatic heterocycles. The van der Waals surface area contributed by atoms with Crippen LogP contribution in [0, 0.1) is 0 Å². The van der Waals surface area contributed by atoms with Crippen LogP contribution in [0.25, 0.3) is 0 Å². The van der Waals surface area contributed by atoms with Crippen molar-refractivity contribution in [1.82, 2.24) is 0 Å². The van der Waals surface area contributed by atoms with Crippen LogP contribution in [0.1, 0.15) is 104 Å². The van der Waals surface area contributed by atoms with E-state index in [2.05, 4.69) is 52.1 Å². The van der Waals surface area contributed by atoms with Crippen LogP contribution in [0.15, 0.2) is 0 Å². The highest BCUT2D eigenvalue weighted by atomic mass is 127. The summed E-state index contributed by atoms with van der Waals surface area (Å²) in [7, 11) is 0. The largest absolute Gasteiger partial charge is 0.466 e. The second kappa shape index (κ2) is 18.7. The van der Waals surface area contributed by atoms with Crippen molar-refractivity contribution in [1.29, 1.82) is 0 Å². The zero-order valence-corrected chi connectivity index (χ0v) is 20.1. The Hall–Kier alpha value is 0.930. The Morgan fingerprint density at radius 2 is 1.25 bits per heavy atom. The third-order valence-corrected chi connectivity index (χ3v) is 6.86. The maximum absolute atomic E-state index is 11.2. The van der Waals surface area contributed by atoms with Gasteiger partial charge in [-0.05, 0) is 39.0 Å². The number of rotatable bonds is 17. The van der Waals surface area contributed by atoms with E-state index in [1.54, 1.807) is 0 Å². The number of unbranched alkanes of at least 4 members (excludes halogenated alkanes) is 7. The van der Waals surface area contributed by atoms with Gasteiger partial charge in [-0.2, -0.15) is 0 Å². The number of hydrogen-bond donors (Lipinski definition) is 0. The van der Waals surface area contributed by atoms with Crippen LogP contribution in [0.5, 0.6) is 0 Å². The number of carbonyl (C=O) groups is 1. The van der Waals surface area contributed by atoms with Crippen LogP contribution in [0.4, 0.5) is 0 Å². The molecule has 0 fully saturated rings. The molecule has 0 radical (unpaired) electrons. The van der Waals surface area contributed by atoms with Crippen LogP contribution in [0.2, 0.25) is 0 Å². The fraction of sp³-hybridized carbons (Fsp3) is 0.950. The van der Waals surface area contributed by atoms with E-state index in [4.69, 9.17) is 4.74 Å². The average molecular weight is 564 g/mol. The zero-order chi connectivity index (χ0) is 18.0. The van der Waals surface area contributed by atoms with Crippen molar-refractivity contribution >= 4 is 51.2 Å². The molecule has 0 aromatic rings. The standard InChI is InChI=1S/C20H38I2O2/c1-3-5-6-10-13-18(21)16-17-19(22)14-11-8-7-9-12-15-20(23)24-4-2/h18-19H,3-17H2,1-2H3. The van der Waals surface area contributed by atoms with Gasteiger partial charge in [-0.25, -0.2) is 0 Å². The minimum absolute atomic E-state index is 0.0344. The summed E-state index contributed by atoms with van der Waals surface area (Å²) in [6.45, 7) is 4.65. The maximum Gasteiger partial charge on any atom is 0.305 e. The highest BCUT2D eigenvalue weighted by Gasteiger charge is 2.09. The molecule has 2 nitrogen and oxygen atoms in total. The second-order valence-electron chi connectivity index (χ2n) is 6.73. The van der Waals surface area contributed by atoms with E-state index in [1.165, 1.54) is 70.6 Å². The molecule has 0 amide bonds. The van der Waals surface area contributed by atoms with E-state index in [0.717, 1.165) is 20.7 Å². The molecule has 144 valence electrons. The summed E-state index contributed by atoms with van der Waals surface area (Å²) in [5.41, 5.74) is 0. The van der Waals surface area contributed by atoms with Crippen LogP contribution in [-0.4, -0.2) is 20.4 Å². The SMILES string of the molecule is CCCCCCC(I)CCC(I)CCCCCCCC(=O)OCC. The molecule has 0 spiro atoms. The molecule has 0 saturated heterocycles. The molecule has 0 bridgehead atoms. The van der Waals surface area contributed by atoms with Gasteiger partial charge in [0.25, 0.3) is 0 Å². The van der Waals surface area contributed by atoms with Gasteiger partial charge in [0.2, 0.25) is 0 Å². The molecule has 0 N–H and O–H groups in total. The topological polar surface area (TPSA) is 26.3 Å². The van der Waals surface area contributed by atoms with Gasteiger partial charge in [0, 0.05) is 14.3 Å². The molecular weight excluding hydrogens is 526 g/mol. The third-order valence-electron chi connectivity index (χ3n) is 4.37. The fourth-order valence-electron chi connectivity index (χ4n) is 2.84. The van der Waals surface area contributed by atoms with E-state index in [-0.39, 0.29) is 5.97 Å². The lowest BCUT2D eigenvalue weighted by Gasteiger charge is -2.13. The van der Waals surface area contributed by atoms with E-state index >= 15 is 0 Å². The molecule has 0 saturated carbocycles. The summed E-state index contributed by atoms with van der Waals surface area (Å²) in [5.74, 6) is -0.0344. The van der Waals surface area contributed by atoms with Gasteiger partial charge in [0.15, 0.2) is 0 Å². The number of halogens is 2. The first-order valence-electron chi connectivity index (χ1n) is 10.0. The molecule has 4 heteroatoms. The van der Waals surface area contributed by atoms with E-state index in [9.17, 15) is 4.79 Å². The summed E-state index contributed by atoms with van der Waals surface area (Å²) in [6.07, 6.45) is 17.8. The lowest BCUT2D eigenvalue weighted by molar-refractivity contribution is -0.143. The monoisotopic (exact) mass is 564 g/mol. The quantitative estimate of drug-likeness (QED) is 0.0786. The Labute approximate surface area is 177 Å². The summed E-state index contributed by atoms with van der Waals surface area (Å²) in [5, 5.41) is 0. The van der Waals surface area contributed by atoms with Gasteiger partial charge in [0.1, 0.15) is 0 Å². The lowest BCUT2D eigenvalue weighted by Crippen LogP contribution is -2.04. The fourth-order valence-corrected chi connectivity index (χ4v) is 4.44. The van der Waals surface area contributed by atoms with Crippen molar-refractivity contribution in [2.45, 2.75) is 112 Å². The highest BCUT2D eigenvalue weighted by molar-refractivity contribution is 14.1. The number of alkyl halides is 2. The van der Waals surface area contributed by atoms with Gasteiger partial charge in [-0.15, -0.1) is 0 Å². The summed E-state index contributed by atoms with van der Waals surface area (Å²) >= 11 is 5.30. The number of ether oxygens (including phenoxy) is 1. The van der Waals surface area contributed by atoms with Crippen LogP contribution in [-0.2, 0) is 9.53 Å². The minimum Gasteiger partial charge on any atom is -0.466 e. The van der Waals surface area contributed by atoms with Crippen molar-refractivity contribution in [3.05, 3.63) is 0 Å². The summed E-state index contributed by atoms with van der Waals surface area (Å²) < 4.78 is 6.66. The second-order valence-corrected chi connectivity index (χ2v) is 10.3. The maximum atomic E-state index is 11.2. The van der Waals surface area contributed by atoms with Gasteiger partial charge >= 0.3 is 5.97 Å². The van der Waals surface area contributed by atoms with Gasteiger partial charge in [-0.1, -0.05) is 103 Å². The van der Waals surface area contributed by atoms with Crippen molar-refractivity contribution in [3.8, 4) is 0 Å². The van der Waals surface area contributed by atoms with E-state index in [1.807, 2.05) is 6.92 Å². The molecule has 24 heavy (non-hydrogen) atoms. The van der Waals surface area contributed by atoms with Gasteiger partial charge < -0.3 is 4.74 Å². The van der Waals surface area contributed by atoms with Crippen molar-refractivity contribution < 1.29 is 9.53 Å². The van der Waals surface area contributed by atoms with Gasteiger partial charge in [-0.3, -0.25) is 4.79 Å². The number of esters is 1. The number of hydrogen-bond acceptors (Lipinski definition) is 2. The predicted octanol–water partition coefficient (Wildman–Crippen LogP) is 7.64. The average Bonchev–Trinajstić information content (AvgIpc) is 2.56. The molecule has 0 rings (SSSR count). The molecule has 0 aliphatic carbocycles. The Morgan fingerprint density at radius 3 is 1.79 bits per heavy atom.